The number of carboxylic acids is 1. The van der Waals surface area contributed by atoms with Gasteiger partial charge >= 0.3 is 5.97 Å². The third kappa shape index (κ3) is 3.18. The van der Waals surface area contributed by atoms with E-state index in [2.05, 4.69) is 0 Å². The van der Waals surface area contributed by atoms with Gasteiger partial charge in [0.05, 0.1) is 0 Å². The number of aliphatic hydroxyl groups excluding tert-OH is 1. The standard InChI is InChI=1S/C11H11ClO5/c12-4-3-9(14)8-5-6(13)1-2-7(8)10(15)11(16)17/h1-2,5,10,13,15H,3-4H2,(H,16,17). The summed E-state index contributed by atoms with van der Waals surface area (Å²) in [4.78, 5) is 22.3. The number of rotatable bonds is 5. The van der Waals surface area contributed by atoms with Gasteiger partial charge in [-0.2, -0.15) is 0 Å². The van der Waals surface area contributed by atoms with Crippen molar-refractivity contribution in [2.24, 2.45) is 0 Å². The second-order valence-corrected chi connectivity index (χ2v) is 3.75. The lowest BCUT2D eigenvalue weighted by atomic mass is 9.97. The molecule has 0 aliphatic rings. The number of halogens is 1. The van der Waals surface area contributed by atoms with Gasteiger partial charge in [-0.05, 0) is 12.1 Å². The molecular formula is C11H11ClO5. The van der Waals surface area contributed by atoms with Crippen LogP contribution in [0.4, 0.5) is 0 Å². The topological polar surface area (TPSA) is 94.8 Å². The number of alkyl halides is 1. The Morgan fingerprint density at radius 1 is 1.35 bits per heavy atom. The summed E-state index contributed by atoms with van der Waals surface area (Å²) in [6, 6.07) is 3.53. The fraction of sp³-hybridized carbons (Fsp3) is 0.273. The molecule has 0 heterocycles. The van der Waals surface area contributed by atoms with Crippen LogP contribution < -0.4 is 0 Å². The fourth-order valence-corrected chi connectivity index (χ4v) is 1.55. The van der Waals surface area contributed by atoms with E-state index in [-0.39, 0.29) is 29.2 Å². The number of carbonyl (C=O) groups excluding carboxylic acids is 1. The first-order valence-corrected chi connectivity index (χ1v) is 5.33. The summed E-state index contributed by atoms with van der Waals surface area (Å²) in [5, 5.41) is 27.4. The SMILES string of the molecule is O=C(CCCl)c1cc(O)ccc1C(O)C(=O)O. The van der Waals surface area contributed by atoms with Gasteiger partial charge in [-0.15, -0.1) is 11.6 Å². The number of hydrogen-bond donors (Lipinski definition) is 3. The van der Waals surface area contributed by atoms with Crippen molar-refractivity contribution in [1.29, 1.82) is 0 Å². The molecule has 17 heavy (non-hydrogen) atoms. The van der Waals surface area contributed by atoms with Gasteiger partial charge in [-0.3, -0.25) is 4.79 Å². The molecule has 0 saturated heterocycles. The van der Waals surface area contributed by atoms with Crippen LogP contribution in [0.2, 0.25) is 0 Å². The van der Waals surface area contributed by atoms with E-state index in [1.807, 2.05) is 0 Å². The summed E-state index contributed by atoms with van der Waals surface area (Å²) in [6.07, 6.45) is -1.80. The van der Waals surface area contributed by atoms with E-state index < -0.39 is 17.9 Å². The molecule has 0 amide bonds. The molecule has 0 radical (unpaired) electrons. The summed E-state index contributed by atoms with van der Waals surface area (Å²) >= 11 is 5.42. The second-order valence-electron chi connectivity index (χ2n) is 3.37. The van der Waals surface area contributed by atoms with Crippen molar-refractivity contribution in [2.45, 2.75) is 12.5 Å². The average molecular weight is 259 g/mol. The van der Waals surface area contributed by atoms with Gasteiger partial charge in [-0.25, -0.2) is 4.79 Å². The Morgan fingerprint density at radius 2 is 2.00 bits per heavy atom. The molecule has 0 spiro atoms. The fourth-order valence-electron chi connectivity index (χ4n) is 1.38. The maximum atomic E-state index is 11.6. The molecule has 0 bridgehead atoms. The lowest BCUT2D eigenvalue weighted by Crippen LogP contribution is -2.15. The van der Waals surface area contributed by atoms with Crippen LogP contribution >= 0.6 is 11.6 Å². The summed E-state index contributed by atoms with van der Waals surface area (Å²) < 4.78 is 0. The first-order chi connectivity index (χ1) is 7.97. The van der Waals surface area contributed by atoms with E-state index in [1.54, 1.807) is 0 Å². The molecule has 0 aromatic heterocycles. The van der Waals surface area contributed by atoms with Crippen molar-refractivity contribution in [1.82, 2.24) is 0 Å². The van der Waals surface area contributed by atoms with Crippen molar-refractivity contribution >= 4 is 23.4 Å². The van der Waals surface area contributed by atoms with Crippen LogP contribution in [0.15, 0.2) is 18.2 Å². The van der Waals surface area contributed by atoms with E-state index in [0.29, 0.717) is 0 Å². The number of carboxylic acid groups (broad SMARTS) is 1. The number of phenolic OH excluding ortho intramolecular Hbond substituents is 1. The van der Waals surface area contributed by atoms with E-state index >= 15 is 0 Å². The zero-order chi connectivity index (χ0) is 13.0. The van der Waals surface area contributed by atoms with Crippen molar-refractivity contribution in [3.05, 3.63) is 29.3 Å². The monoisotopic (exact) mass is 258 g/mol. The van der Waals surface area contributed by atoms with E-state index in [1.165, 1.54) is 12.1 Å². The molecule has 0 fully saturated rings. The molecule has 0 aliphatic carbocycles. The molecular weight excluding hydrogens is 248 g/mol. The Labute approximate surface area is 102 Å². The number of hydrogen-bond acceptors (Lipinski definition) is 4. The van der Waals surface area contributed by atoms with Crippen molar-refractivity contribution in [2.75, 3.05) is 5.88 Å². The minimum atomic E-state index is -1.80. The first-order valence-electron chi connectivity index (χ1n) is 4.80. The number of ketones is 1. The van der Waals surface area contributed by atoms with Gasteiger partial charge in [0.25, 0.3) is 0 Å². The predicted octanol–water partition coefficient (Wildman–Crippen LogP) is 1.32. The smallest absolute Gasteiger partial charge is 0.337 e. The molecule has 5 nitrogen and oxygen atoms in total. The molecule has 6 heteroatoms. The average Bonchev–Trinajstić information content (AvgIpc) is 2.28. The highest BCUT2D eigenvalue weighted by atomic mass is 35.5. The van der Waals surface area contributed by atoms with Crippen molar-refractivity contribution in [3.63, 3.8) is 0 Å². The molecule has 3 N–H and O–H groups in total. The van der Waals surface area contributed by atoms with Gasteiger partial charge in [0.2, 0.25) is 0 Å². The first kappa shape index (κ1) is 13.5. The summed E-state index contributed by atoms with van der Waals surface area (Å²) in [6.45, 7) is 0. The Kier molecular flexibility index (Phi) is 4.48. The molecule has 1 aromatic rings. The maximum absolute atomic E-state index is 11.6. The number of carbonyl (C=O) groups is 2. The third-order valence-corrected chi connectivity index (χ3v) is 2.38. The minimum absolute atomic E-state index is 0.00431. The maximum Gasteiger partial charge on any atom is 0.337 e. The van der Waals surface area contributed by atoms with Crippen LogP contribution in [0.5, 0.6) is 5.75 Å². The normalized spacial score (nSPS) is 12.1. The second kappa shape index (κ2) is 5.65. The Morgan fingerprint density at radius 3 is 2.53 bits per heavy atom. The lowest BCUT2D eigenvalue weighted by Gasteiger charge is -2.11. The highest BCUT2D eigenvalue weighted by Gasteiger charge is 2.22. The van der Waals surface area contributed by atoms with Gasteiger partial charge in [0.1, 0.15) is 5.75 Å². The van der Waals surface area contributed by atoms with Crippen molar-refractivity contribution < 1.29 is 24.9 Å². The van der Waals surface area contributed by atoms with Crippen LogP contribution in [0.1, 0.15) is 28.4 Å². The number of aliphatic hydroxyl groups is 1. The van der Waals surface area contributed by atoms with E-state index in [9.17, 15) is 19.8 Å². The van der Waals surface area contributed by atoms with Gasteiger partial charge < -0.3 is 15.3 Å². The Bertz CT molecular complexity index is 443. The number of phenols is 1. The molecule has 1 aromatic carbocycles. The van der Waals surface area contributed by atoms with Crippen molar-refractivity contribution in [3.8, 4) is 5.75 Å². The summed E-state index contributed by atoms with van der Waals surface area (Å²) in [5.41, 5.74) is -0.0778. The van der Waals surface area contributed by atoms with Gasteiger partial charge in [0.15, 0.2) is 11.9 Å². The quantitative estimate of drug-likeness (QED) is 0.547. The minimum Gasteiger partial charge on any atom is -0.508 e. The van der Waals surface area contributed by atoms with E-state index in [4.69, 9.17) is 16.7 Å². The highest BCUT2D eigenvalue weighted by molar-refractivity contribution is 6.19. The molecule has 1 unspecified atom stereocenters. The zero-order valence-electron chi connectivity index (χ0n) is 8.76. The number of aromatic hydroxyl groups is 1. The molecule has 0 aliphatic heterocycles. The molecule has 92 valence electrons. The van der Waals surface area contributed by atoms with Crippen LogP contribution in [-0.2, 0) is 4.79 Å². The highest BCUT2D eigenvalue weighted by Crippen LogP contribution is 2.24. The summed E-state index contributed by atoms with van der Waals surface area (Å²) in [5.74, 6) is -1.98. The molecule has 0 saturated carbocycles. The third-order valence-electron chi connectivity index (χ3n) is 2.19. The van der Waals surface area contributed by atoms with Crippen LogP contribution in [0.3, 0.4) is 0 Å². The number of benzene rings is 1. The van der Waals surface area contributed by atoms with Gasteiger partial charge in [0, 0.05) is 23.4 Å². The van der Waals surface area contributed by atoms with E-state index in [0.717, 1.165) is 6.07 Å². The summed E-state index contributed by atoms with van der Waals surface area (Å²) in [7, 11) is 0. The van der Waals surface area contributed by atoms with Crippen LogP contribution in [-0.4, -0.2) is 33.0 Å². The lowest BCUT2D eigenvalue weighted by molar-refractivity contribution is -0.146. The molecule has 1 atom stereocenters. The Hall–Kier alpha value is -1.59. The number of Topliss-reactive ketones (excluding diaryl/α,β-unsaturated/α-hetero) is 1. The largest absolute Gasteiger partial charge is 0.508 e. The van der Waals surface area contributed by atoms with Gasteiger partial charge in [-0.1, -0.05) is 6.07 Å². The zero-order valence-corrected chi connectivity index (χ0v) is 9.52. The number of aliphatic carboxylic acids is 1. The Balaban J connectivity index is 3.21. The van der Waals surface area contributed by atoms with Crippen LogP contribution in [0, 0.1) is 0 Å². The molecule has 1 rings (SSSR count). The predicted molar refractivity (Wildman–Crippen MR) is 60.4 cm³/mol. The van der Waals surface area contributed by atoms with Crippen LogP contribution in [0.25, 0.3) is 0 Å².